The first-order chi connectivity index (χ1) is 8.85. The lowest BCUT2D eigenvalue weighted by molar-refractivity contribution is 0.262. The number of aliphatic hydroxyl groups is 1. The van der Waals surface area contributed by atoms with Gasteiger partial charge in [0.2, 0.25) is 0 Å². The van der Waals surface area contributed by atoms with Gasteiger partial charge >= 0.3 is 0 Å². The monoisotopic (exact) mass is 249 g/mol. The van der Waals surface area contributed by atoms with Crippen molar-refractivity contribution in [3.05, 3.63) is 18.1 Å². The van der Waals surface area contributed by atoms with Crippen LogP contribution in [0.5, 0.6) is 0 Å². The smallest absolute Gasteiger partial charge is 0.132 e. The third-order valence-corrected chi connectivity index (χ3v) is 3.60. The molecule has 1 N–H and O–H groups in total. The first kappa shape index (κ1) is 13.3. The minimum atomic E-state index is 0.258. The van der Waals surface area contributed by atoms with E-state index in [0.29, 0.717) is 6.04 Å². The number of nitrogens with zero attached hydrogens (tertiary/aromatic N) is 3. The zero-order valence-corrected chi connectivity index (χ0v) is 11.2. The van der Waals surface area contributed by atoms with Crippen molar-refractivity contribution in [3.8, 4) is 0 Å². The Balaban J connectivity index is 2.14. The Morgan fingerprint density at radius 3 is 3.06 bits per heavy atom. The van der Waals surface area contributed by atoms with Gasteiger partial charge < -0.3 is 10.0 Å². The average Bonchev–Trinajstić information content (AvgIpc) is 2.40. The summed E-state index contributed by atoms with van der Waals surface area (Å²) >= 11 is 0. The van der Waals surface area contributed by atoms with Crippen LogP contribution in [-0.4, -0.2) is 34.3 Å². The summed E-state index contributed by atoms with van der Waals surface area (Å²) in [5.74, 6) is 1.03. The lowest BCUT2D eigenvalue weighted by atomic mass is 9.99. The fraction of sp³-hybridized carbons (Fsp3) is 0.714. The third kappa shape index (κ3) is 3.19. The van der Waals surface area contributed by atoms with E-state index >= 15 is 0 Å². The second-order valence-corrected chi connectivity index (χ2v) is 4.97. The van der Waals surface area contributed by atoms with E-state index in [2.05, 4.69) is 27.9 Å². The van der Waals surface area contributed by atoms with Crippen LogP contribution in [0.4, 0.5) is 5.82 Å². The second-order valence-electron chi connectivity index (χ2n) is 4.97. The van der Waals surface area contributed by atoms with Gasteiger partial charge in [0.15, 0.2) is 0 Å². The van der Waals surface area contributed by atoms with Gasteiger partial charge in [-0.1, -0.05) is 13.3 Å². The molecule has 2 rings (SSSR count). The summed E-state index contributed by atoms with van der Waals surface area (Å²) in [6.07, 6.45) is 8.26. The van der Waals surface area contributed by atoms with Crippen molar-refractivity contribution in [2.24, 2.45) is 0 Å². The molecule has 2 heterocycles. The number of aromatic nitrogens is 2. The molecule has 0 aliphatic carbocycles. The van der Waals surface area contributed by atoms with Crippen LogP contribution in [-0.2, 0) is 6.42 Å². The van der Waals surface area contributed by atoms with Crippen LogP contribution in [0.1, 0.15) is 44.7 Å². The Morgan fingerprint density at radius 2 is 2.28 bits per heavy atom. The molecular formula is C14H23N3O. The largest absolute Gasteiger partial charge is 0.396 e. The van der Waals surface area contributed by atoms with E-state index in [-0.39, 0.29) is 6.61 Å². The van der Waals surface area contributed by atoms with Crippen LogP contribution in [0.2, 0.25) is 0 Å². The number of rotatable bonds is 5. The molecule has 1 fully saturated rings. The van der Waals surface area contributed by atoms with Gasteiger partial charge in [0.05, 0.1) is 0 Å². The van der Waals surface area contributed by atoms with E-state index in [1.165, 1.54) is 12.8 Å². The second kappa shape index (κ2) is 6.69. The van der Waals surface area contributed by atoms with E-state index in [1.54, 1.807) is 6.33 Å². The minimum Gasteiger partial charge on any atom is -0.396 e. The van der Waals surface area contributed by atoms with Crippen LogP contribution >= 0.6 is 0 Å². The van der Waals surface area contributed by atoms with Crippen LogP contribution in [0.3, 0.4) is 0 Å². The lowest BCUT2D eigenvalue weighted by Crippen LogP contribution is -2.40. The normalized spacial score (nSPS) is 20.1. The first-order valence-corrected chi connectivity index (χ1v) is 7.03. The number of hydrogen-bond acceptors (Lipinski definition) is 4. The predicted molar refractivity (Wildman–Crippen MR) is 72.7 cm³/mol. The summed E-state index contributed by atoms with van der Waals surface area (Å²) in [4.78, 5) is 11.1. The molecule has 100 valence electrons. The van der Waals surface area contributed by atoms with Crippen LogP contribution in [0.25, 0.3) is 0 Å². The third-order valence-electron chi connectivity index (χ3n) is 3.60. The van der Waals surface area contributed by atoms with Gasteiger partial charge in [-0.25, -0.2) is 9.97 Å². The van der Waals surface area contributed by atoms with Crippen molar-refractivity contribution in [1.82, 2.24) is 9.97 Å². The van der Waals surface area contributed by atoms with E-state index in [9.17, 15) is 0 Å². The quantitative estimate of drug-likeness (QED) is 0.869. The lowest BCUT2D eigenvalue weighted by Gasteiger charge is -2.36. The van der Waals surface area contributed by atoms with Crippen molar-refractivity contribution in [3.63, 3.8) is 0 Å². The van der Waals surface area contributed by atoms with E-state index in [4.69, 9.17) is 5.11 Å². The first-order valence-electron chi connectivity index (χ1n) is 7.03. The molecule has 0 bridgehead atoms. The molecule has 18 heavy (non-hydrogen) atoms. The molecule has 0 saturated carbocycles. The average molecular weight is 249 g/mol. The van der Waals surface area contributed by atoms with Gasteiger partial charge in [-0.05, 0) is 32.1 Å². The standard InChI is InChI=1S/C14H23N3O/c1-2-5-12-10-14(16-11-15-12)17-8-4-3-6-13(17)7-9-18/h10-11,13,18H,2-9H2,1H3. The summed E-state index contributed by atoms with van der Waals surface area (Å²) in [6, 6.07) is 2.55. The number of aryl methyl sites for hydroxylation is 1. The van der Waals surface area contributed by atoms with E-state index in [0.717, 1.165) is 43.7 Å². The van der Waals surface area contributed by atoms with Crippen LogP contribution in [0, 0.1) is 0 Å². The van der Waals surface area contributed by atoms with E-state index in [1.807, 2.05) is 0 Å². The number of aliphatic hydroxyl groups excluding tert-OH is 1. The zero-order valence-electron chi connectivity index (χ0n) is 11.2. The molecule has 0 spiro atoms. The summed E-state index contributed by atoms with van der Waals surface area (Å²) in [5.41, 5.74) is 1.12. The highest BCUT2D eigenvalue weighted by molar-refractivity contribution is 5.40. The van der Waals surface area contributed by atoms with Gasteiger partial charge in [-0.2, -0.15) is 0 Å². The summed E-state index contributed by atoms with van der Waals surface area (Å²) < 4.78 is 0. The molecule has 1 unspecified atom stereocenters. The fourth-order valence-electron chi connectivity index (χ4n) is 2.69. The molecule has 0 radical (unpaired) electrons. The molecule has 1 atom stereocenters. The molecule has 1 aromatic heterocycles. The molecule has 0 amide bonds. The molecule has 0 aromatic carbocycles. The van der Waals surface area contributed by atoms with E-state index < -0.39 is 0 Å². The molecule has 1 aliphatic rings. The minimum absolute atomic E-state index is 0.258. The molecule has 1 saturated heterocycles. The highest BCUT2D eigenvalue weighted by Gasteiger charge is 2.23. The number of hydrogen-bond donors (Lipinski definition) is 1. The molecule has 4 nitrogen and oxygen atoms in total. The van der Waals surface area contributed by atoms with Gasteiger partial charge in [-0.15, -0.1) is 0 Å². The molecule has 4 heteroatoms. The van der Waals surface area contributed by atoms with Gasteiger partial charge in [0.1, 0.15) is 12.1 Å². The van der Waals surface area contributed by atoms with Crippen LogP contribution < -0.4 is 4.90 Å². The van der Waals surface area contributed by atoms with Crippen molar-refractivity contribution in [2.45, 2.75) is 51.5 Å². The maximum absolute atomic E-state index is 9.16. The Hall–Kier alpha value is -1.16. The van der Waals surface area contributed by atoms with Crippen molar-refractivity contribution < 1.29 is 5.11 Å². The van der Waals surface area contributed by atoms with Gasteiger partial charge in [0.25, 0.3) is 0 Å². The van der Waals surface area contributed by atoms with Gasteiger partial charge in [0, 0.05) is 31.0 Å². The molecular weight excluding hydrogens is 226 g/mol. The summed E-state index contributed by atoms with van der Waals surface area (Å²) in [7, 11) is 0. The highest BCUT2D eigenvalue weighted by atomic mass is 16.3. The Morgan fingerprint density at radius 1 is 1.39 bits per heavy atom. The Labute approximate surface area is 109 Å². The predicted octanol–water partition coefficient (Wildman–Crippen LogP) is 2.17. The fourth-order valence-corrected chi connectivity index (χ4v) is 2.69. The van der Waals surface area contributed by atoms with Crippen molar-refractivity contribution in [2.75, 3.05) is 18.1 Å². The number of piperidine rings is 1. The highest BCUT2D eigenvalue weighted by Crippen LogP contribution is 2.25. The molecule has 1 aromatic rings. The maximum Gasteiger partial charge on any atom is 0.132 e. The topological polar surface area (TPSA) is 49.2 Å². The maximum atomic E-state index is 9.16. The van der Waals surface area contributed by atoms with Gasteiger partial charge in [-0.3, -0.25) is 0 Å². The SMILES string of the molecule is CCCc1cc(N2CCCCC2CCO)ncn1. The van der Waals surface area contributed by atoms with Crippen LogP contribution in [0.15, 0.2) is 12.4 Å². The molecule has 1 aliphatic heterocycles. The Bertz CT molecular complexity index is 368. The summed E-state index contributed by atoms with van der Waals surface area (Å²) in [5, 5.41) is 9.16. The summed E-state index contributed by atoms with van der Waals surface area (Å²) in [6.45, 7) is 3.47. The zero-order chi connectivity index (χ0) is 12.8. The van der Waals surface area contributed by atoms with Crippen molar-refractivity contribution >= 4 is 5.82 Å². The Kier molecular flexibility index (Phi) is 4.93. The number of anilines is 1. The van der Waals surface area contributed by atoms with Crippen molar-refractivity contribution in [1.29, 1.82) is 0 Å².